The van der Waals surface area contributed by atoms with Crippen LogP contribution in [0.25, 0.3) is 0 Å². The zero-order valence-corrected chi connectivity index (χ0v) is 22.5. The standard InChI is InChI=1S/C27H31ClN4O3S/c1-17-22(24(33)30-19-10-12-21(35-4)13-11-19)23(32-14-5-15-36-26(32)29-17)18-6-8-20(9-7-18)31-25(34)27(2,3)16-28/h6-13,23H,5,14-16H2,1-4H3,(H,30,33)(H,31,34). The molecule has 1 atom stereocenters. The first-order valence-electron chi connectivity index (χ1n) is 11.8. The van der Waals surface area contributed by atoms with Crippen molar-refractivity contribution in [3.63, 3.8) is 0 Å². The molecule has 0 radical (unpaired) electrons. The van der Waals surface area contributed by atoms with Crippen LogP contribution in [0.1, 0.15) is 38.8 Å². The Kier molecular flexibility index (Phi) is 7.95. The molecule has 2 aliphatic rings. The molecule has 2 aromatic rings. The lowest BCUT2D eigenvalue weighted by atomic mass is 9.93. The molecule has 0 spiro atoms. The van der Waals surface area contributed by atoms with Gasteiger partial charge in [-0.1, -0.05) is 23.9 Å². The maximum Gasteiger partial charge on any atom is 0.255 e. The van der Waals surface area contributed by atoms with Crippen molar-refractivity contribution in [3.8, 4) is 5.75 Å². The second-order valence-electron chi connectivity index (χ2n) is 9.47. The molecule has 2 aliphatic heterocycles. The average Bonchev–Trinajstić information content (AvgIpc) is 2.88. The van der Waals surface area contributed by atoms with E-state index in [2.05, 4.69) is 15.5 Å². The summed E-state index contributed by atoms with van der Waals surface area (Å²) in [6.45, 7) is 6.31. The van der Waals surface area contributed by atoms with E-state index in [1.807, 2.05) is 69.3 Å². The number of carbonyl (C=O) groups excluding carboxylic acids is 2. The Morgan fingerprint density at radius 1 is 1.11 bits per heavy atom. The second kappa shape index (κ2) is 11.0. The minimum atomic E-state index is -0.674. The highest BCUT2D eigenvalue weighted by Gasteiger charge is 2.37. The molecule has 2 aromatic carbocycles. The molecule has 0 bridgehead atoms. The van der Waals surface area contributed by atoms with Crippen LogP contribution in [0, 0.1) is 5.41 Å². The number of allylic oxidation sites excluding steroid dienone is 1. The van der Waals surface area contributed by atoms with E-state index in [4.69, 9.17) is 21.3 Å². The molecule has 2 amide bonds. The van der Waals surface area contributed by atoms with Crippen LogP contribution in [0.3, 0.4) is 0 Å². The van der Waals surface area contributed by atoms with E-state index in [1.54, 1.807) is 18.9 Å². The molecule has 2 N–H and O–H groups in total. The zero-order valence-electron chi connectivity index (χ0n) is 20.9. The number of aliphatic imine (C=N–C) groups is 1. The predicted octanol–water partition coefficient (Wildman–Crippen LogP) is 5.66. The monoisotopic (exact) mass is 526 g/mol. The third-order valence-electron chi connectivity index (χ3n) is 6.28. The van der Waals surface area contributed by atoms with Gasteiger partial charge in [-0.05, 0) is 69.2 Å². The average molecular weight is 527 g/mol. The lowest BCUT2D eigenvalue weighted by Crippen LogP contribution is -2.43. The minimum Gasteiger partial charge on any atom is -0.497 e. The lowest BCUT2D eigenvalue weighted by Gasteiger charge is -2.41. The van der Waals surface area contributed by atoms with Crippen molar-refractivity contribution < 1.29 is 14.3 Å². The lowest BCUT2D eigenvalue weighted by molar-refractivity contribution is -0.123. The van der Waals surface area contributed by atoms with Crippen molar-refractivity contribution in [2.75, 3.05) is 35.9 Å². The number of ether oxygens (including phenoxy) is 1. The molecular weight excluding hydrogens is 496 g/mol. The summed E-state index contributed by atoms with van der Waals surface area (Å²) in [7, 11) is 1.61. The normalized spacial score (nSPS) is 17.8. The molecule has 1 saturated heterocycles. The maximum atomic E-state index is 13.6. The number of amidine groups is 1. The van der Waals surface area contributed by atoms with Crippen molar-refractivity contribution >= 4 is 51.7 Å². The first kappa shape index (κ1) is 26.1. The number of hydrogen-bond donors (Lipinski definition) is 2. The summed E-state index contributed by atoms with van der Waals surface area (Å²) in [5, 5.41) is 6.90. The van der Waals surface area contributed by atoms with Gasteiger partial charge in [0.2, 0.25) is 5.91 Å². The third kappa shape index (κ3) is 5.55. The Balaban J connectivity index is 1.63. The number of anilines is 2. The fourth-order valence-corrected chi connectivity index (χ4v) is 5.23. The van der Waals surface area contributed by atoms with Crippen LogP contribution < -0.4 is 15.4 Å². The molecule has 1 fully saturated rings. The number of thioether (sulfide) groups is 1. The summed E-state index contributed by atoms with van der Waals surface area (Å²) in [5.74, 6) is 1.62. The SMILES string of the molecule is COc1ccc(NC(=O)C2=C(C)N=C3SCCCN3C2c2ccc(NC(=O)C(C)(C)CCl)cc2)cc1. The van der Waals surface area contributed by atoms with Gasteiger partial charge in [-0.25, -0.2) is 4.99 Å². The van der Waals surface area contributed by atoms with Gasteiger partial charge in [0.25, 0.3) is 5.91 Å². The number of fused-ring (bicyclic) bond motifs is 1. The largest absolute Gasteiger partial charge is 0.497 e. The Morgan fingerprint density at radius 3 is 2.39 bits per heavy atom. The Hall–Kier alpha value is -2.97. The number of amides is 2. The van der Waals surface area contributed by atoms with Crippen LogP contribution in [0.15, 0.2) is 64.8 Å². The van der Waals surface area contributed by atoms with E-state index in [0.717, 1.165) is 35.2 Å². The van der Waals surface area contributed by atoms with Crippen molar-refractivity contribution in [1.82, 2.24) is 4.90 Å². The summed E-state index contributed by atoms with van der Waals surface area (Å²) in [5.41, 5.74) is 2.96. The van der Waals surface area contributed by atoms with Gasteiger partial charge in [0.05, 0.1) is 29.8 Å². The van der Waals surface area contributed by atoms with Gasteiger partial charge >= 0.3 is 0 Å². The van der Waals surface area contributed by atoms with Crippen molar-refractivity contribution in [1.29, 1.82) is 0 Å². The van der Waals surface area contributed by atoms with Gasteiger partial charge in [-0.2, -0.15) is 0 Å². The van der Waals surface area contributed by atoms with Crippen molar-refractivity contribution in [3.05, 3.63) is 65.4 Å². The first-order chi connectivity index (χ1) is 17.2. The summed E-state index contributed by atoms with van der Waals surface area (Å²) in [4.78, 5) is 33.1. The minimum absolute atomic E-state index is 0.139. The number of nitrogens with one attached hydrogen (secondary N) is 2. The molecular formula is C27H31ClN4O3S. The van der Waals surface area contributed by atoms with Crippen molar-refractivity contribution in [2.24, 2.45) is 10.4 Å². The van der Waals surface area contributed by atoms with Gasteiger partial charge < -0.3 is 20.3 Å². The Bertz CT molecular complexity index is 1190. The Morgan fingerprint density at radius 2 is 1.75 bits per heavy atom. The van der Waals surface area contributed by atoms with E-state index >= 15 is 0 Å². The second-order valence-corrected chi connectivity index (χ2v) is 10.8. The fraction of sp³-hybridized carbons (Fsp3) is 0.370. The number of alkyl halides is 1. The highest BCUT2D eigenvalue weighted by molar-refractivity contribution is 8.13. The van der Waals surface area contributed by atoms with E-state index in [1.165, 1.54) is 0 Å². The topological polar surface area (TPSA) is 83.0 Å². The maximum absolute atomic E-state index is 13.6. The molecule has 0 saturated carbocycles. The fourth-order valence-electron chi connectivity index (χ4n) is 4.09. The molecule has 4 rings (SSSR count). The van der Waals surface area contributed by atoms with Crippen LogP contribution in [-0.2, 0) is 9.59 Å². The van der Waals surface area contributed by atoms with E-state index in [-0.39, 0.29) is 23.7 Å². The van der Waals surface area contributed by atoms with Crippen LogP contribution in [0.2, 0.25) is 0 Å². The van der Waals surface area contributed by atoms with E-state index in [9.17, 15) is 9.59 Å². The van der Waals surface area contributed by atoms with Crippen LogP contribution in [-0.4, -0.2) is 47.2 Å². The molecule has 36 heavy (non-hydrogen) atoms. The molecule has 9 heteroatoms. The number of rotatable bonds is 7. The molecule has 1 unspecified atom stereocenters. The summed E-state index contributed by atoms with van der Waals surface area (Å²) >= 11 is 7.66. The molecule has 190 valence electrons. The van der Waals surface area contributed by atoms with Crippen molar-refractivity contribution in [2.45, 2.75) is 33.2 Å². The molecule has 2 heterocycles. The summed E-state index contributed by atoms with van der Waals surface area (Å²) in [6, 6.07) is 14.6. The number of nitrogens with zero attached hydrogens (tertiary/aromatic N) is 2. The molecule has 0 aromatic heterocycles. The highest BCUT2D eigenvalue weighted by Crippen LogP contribution is 2.40. The summed E-state index contributed by atoms with van der Waals surface area (Å²) in [6.07, 6.45) is 1.01. The van der Waals surface area contributed by atoms with Gasteiger partial charge in [0, 0.05) is 29.6 Å². The van der Waals surface area contributed by atoms with E-state index in [0.29, 0.717) is 22.6 Å². The summed E-state index contributed by atoms with van der Waals surface area (Å²) < 4.78 is 5.22. The third-order valence-corrected chi connectivity index (χ3v) is 8.03. The highest BCUT2D eigenvalue weighted by atomic mass is 35.5. The smallest absolute Gasteiger partial charge is 0.255 e. The predicted molar refractivity (Wildman–Crippen MR) is 148 cm³/mol. The molecule has 0 aliphatic carbocycles. The quantitative estimate of drug-likeness (QED) is 0.455. The van der Waals surface area contributed by atoms with Gasteiger partial charge in [0.15, 0.2) is 5.17 Å². The van der Waals surface area contributed by atoms with Gasteiger partial charge in [0.1, 0.15) is 5.75 Å². The number of benzene rings is 2. The van der Waals surface area contributed by atoms with Crippen LogP contribution >= 0.6 is 23.4 Å². The number of carbonyl (C=O) groups is 2. The first-order valence-corrected chi connectivity index (χ1v) is 13.4. The molecule has 7 nitrogen and oxygen atoms in total. The van der Waals surface area contributed by atoms with E-state index < -0.39 is 5.41 Å². The van der Waals surface area contributed by atoms with Crippen LogP contribution in [0.5, 0.6) is 5.75 Å². The zero-order chi connectivity index (χ0) is 25.9. The van der Waals surface area contributed by atoms with Gasteiger partial charge in [-0.15, -0.1) is 11.6 Å². The van der Waals surface area contributed by atoms with Gasteiger partial charge in [-0.3, -0.25) is 9.59 Å². The Labute approximate surface area is 221 Å². The van der Waals surface area contributed by atoms with Crippen LogP contribution in [0.4, 0.5) is 11.4 Å². The number of halogens is 1. The number of methoxy groups -OCH3 is 1. The number of hydrogen-bond acceptors (Lipinski definition) is 6.